The molecule has 0 spiro atoms. The molecule has 3 rings (SSSR count). The Morgan fingerprint density at radius 3 is 3.11 bits per heavy atom. The molecule has 0 bridgehead atoms. The highest BCUT2D eigenvalue weighted by molar-refractivity contribution is 5.10. The van der Waals surface area contributed by atoms with Gasteiger partial charge in [0.1, 0.15) is 0 Å². The number of hydrogen-bond donors (Lipinski definition) is 1. The number of fused-ring (bicyclic) bond motifs is 1. The number of hydrogen-bond acceptors (Lipinski definition) is 2. The Hall–Kier alpha value is -0.800. The quantitative estimate of drug-likeness (QED) is 0.880. The molecule has 100 valence electrons. The van der Waals surface area contributed by atoms with Gasteiger partial charge in [-0.3, -0.25) is 0 Å². The highest BCUT2D eigenvalue weighted by Gasteiger charge is 2.31. The van der Waals surface area contributed by atoms with Crippen molar-refractivity contribution in [2.24, 2.45) is 0 Å². The van der Waals surface area contributed by atoms with Crippen LogP contribution in [-0.4, -0.2) is 34.6 Å². The number of aryl methyl sites for hydroxylation is 1. The molecule has 0 aliphatic carbocycles. The molecule has 1 aromatic rings. The minimum atomic E-state index is 0.731. The SMILES string of the molecule is CCn1ccc(CNC2CCN3CCCC3C2)c1. The first kappa shape index (κ1) is 12.2. The summed E-state index contributed by atoms with van der Waals surface area (Å²) in [7, 11) is 0. The van der Waals surface area contributed by atoms with E-state index >= 15 is 0 Å². The molecule has 0 amide bonds. The lowest BCUT2D eigenvalue weighted by Crippen LogP contribution is -2.45. The molecular formula is C15H25N3. The third kappa shape index (κ3) is 2.62. The summed E-state index contributed by atoms with van der Waals surface area (Å²) in [5, 5.41) is 3.75. The Kier molecular flexibility index (Phi) is 3.71. The van der Waals surface area contributed by atoms with Crippen molar-refractivity contribution < 1.29 is 0 Å². The largest absolute Gasteiger partial charge is 0.354 e. The van der Waals surface area contributed by atoms with E-state index in [1.807, 2.05) is 0 Å². The molecule has 2 aliphatic heterocycles. The smallest absolute Gasteiger partial charge is 0.0223 e. The standard InChI is InChI=1S/C15H25N3/c1-2-17-8-5-13(12-17)11-16-14-6-9-18-7-3-4-15(18)10-14/h5,8,12,14-16H,2-4,6-7,9-11H2,1H3. The summed E-state index contributed by atoms with van der Waals surface area (Å²) < 4.78 is 2.25. The molecule has 2 saturated heterocycles. The van der Waals surface area contributed by atoms with Gasteiger partial charge >= 0.3 is 0 Å². The first-order valence-corrected chi connectivity index (χ1v) is 7.47. The van der Waals surface area contributed by atoms with Crippen molar-refractivity contribution in [3.8, 4) is 0 Å². The molecule has 1 N–H and O–H groups in total. The molecule has 0 saturated carbocycles. The monoisotopic (exact) mass is 247 g/mol. The molecule has 3 heteroatoms. The van der Waals surface area contributed by atoms with E-state index < -0.39 is 0 Å². The molecule has 18 heavy (non-hydrogen) atoms. The summed E-state index contributed by atoms with van der Waals surface area (Å²) in [6.45, 7) is 6.94. The van der Waals surface area contributed by atoms with Crippen LogP contribution in [0.15, 0.2) is 18.5 Å². The molecule has 2 fully saturated rings. The average Bonchev–Trinajstić information content (AvgIpc) is 3.04. The van der Waals surface area contributed by atoms with Crippen LogP contribution in [0.5, 0.6) is 0 Å². The van der Waals surface area contributed by atoms with E-state index in [0.717, 1.165) is 25.2 Å². The summed E-state index contributed by atoms with van der Waals surface area (Å²) in [6.07, 6.45) is 9.95. The van der Waals surface area contributed by atoms with Gasteiger partial charge in [0, 0.05) is 37.6 Å². The van der Waals surface area contributed by atoms with Crippen LogP contribution in [0.25, 0.3) is 0 Å². The van der Waals surface area contributed by atoms with Crippen molar-refractivity contribution in [1.29, 1.82) is 0 Å². The van der Waals surface area contributed by atoms with Gasteiger partial charge in [0.25, 0.3) is 0 Å². The van der Waals surface area contributed by atoms with Gasteiger partial charge in [-0.15, -0.1) is 0 Å². The van der Waals surface area contributed by atoms with E-state index in [9.17, 15) is 0 Å². The molecule has 2 unspecified atom stereocenters. The Labute approximate surface area is 110 Å². The summed E-state index contributed by atoms with van der Waals surface area (Å²) in [6, 6.07) is 3.84. The first-order chi connectivity index (χ1) is 8.85. The Balaban J connectivity index is 1.48. The van der Waals surface area contributed by atoms with E-state index in [1.165, 1.54) is 44.3 Å². The van der Waals surface area contributed by atoms with E-state index in [-0.39, 0.29) is 0 Å². The molecule has 1 aromatic heterocycles. The van der Waals surface area contributed by atoms with E-state index in [1.54, 1.807) is 0 Å². The topological polar surface area (TPSA) is 20.2 Å². The minimum absolute atomic E-state index is 0.731. The maximum atomic E-state index is 3.75. The van der Waals surface area contributed by atoms with Crippen LogP contribution in [0.4, 0.5) is 0 Å². The summed E-state index contributed by atoms with van der Waals surface area (Å²) in [5.74, 6) is 0. The zero-order valence-electron chi connectivity index (χ0n) is 11.4. The van der Waals surface area contributed by atoms with E-state index in [0.29, 0.717) is 0 Å². The zero-order chi connectivity index (χ0) is 12.4. The molecular weight excluding hydrogens is 222 g/mol. The molecule has 3 nitrogen and oxygen atoms in total. The van der Waals surface area contributed by atoms with Crippen LogP contribution in [0.1, 0.15) is 38.2 Å². The van der Waals surface area contributed by atoms with Gasteiger partial charge in [0.05, 0.1) is 0 Å². The van der Waals surface area contributed by atoms with Crippen molar-refractivity contribution in [3.63, 3.8) is 0 Å². The van der Waals surface area contributed by atoms with Gasteiger partial charge in [0.15, 0.2) is 0 Å². The second-order valence-corrected chi connectivity index (χ2v) is 5.78. The molecule has 0 aromatic carbocycles. The lowest BCUT2D eigenvalue weighted by Gasteiger charge is -2.35. The molecule has 2 aliphatic rings. The number of nitrogens with zero attached hydrogens (tertiary/aromatic N) is 2. The Morgan fingerprint density at radius 2 is 2.28 bits per heavy atom. The van der Waals surface area contributed by atoms with Crippen molar-refractivity contribution in [2.75, 3.05) is 13.1 Å². The fourth-order valence-corrected chi connectivity index (χ4v) is 3.46. The number of nitrogens with one attached hydrogen (secondary N) is 1. The predicted molar refractivity (Wildman–Crippen MR) is 74.6 cm³/mol. The Bertz CT molecular complexity index is 385. The van der Waals surface area contributed by atoms with Crippen molar-refractivity contribution >= 4 is 0 Å². The van der Waals surface area contributed by atoms with Crippen LogP contribution >= 0.6 is 0 Å². The lowest BCUT2D eigenvalue weighted by atomic mass is 9.97. The molecule has 0 radical (unpaired) electrons. The third-order valence-electron chi connectivity index (χ3n) is 4.59. The second-order valence-electron chi connectivity index (χ2n) is 5.78. The van der Waals surface area contributed by atoms with Crippen LogP contribution < -0.4 is 5.32 Å². The number of aromatic nitrogens is 1. The Morgan fingerprint density at radius 1 is 1.33 bits per heavy atom. The summed E-state index contributed by atoms with van der Waals surface area (Å²) in [4.78, 5) is 2.69. The van der Waals surface area contributed by atoms with Gasteiger partial charge in [-0.2, -0.15) is 0 Å². The maximum Gasteiger partial charge on any atom is 0.0223 e. The fraction of sp³-hybridized carbons (Fsp3) is 0.733. The maximum absolute atomic E-state index is 3.75. The number of piperidine rings is 1. The predicted octanol–water partition coefficient (Wildman–Crippen LogP) is 2.22. The van der Waals surface area contributed by atoms with Gasteiger partial charge < -0.3 is 14.8 Å². The molecule has 3 heterocycles. The van der Waals surface area contributed by atoms with Crippen LogP contribution in [0.3, 0.4) is 0 Å². The molecule has 2 atom stereocenters. The van der Waals surface area contributed by atoms with Gasteiger partial charge in [-0.25, -0.2) is 0 Å². The van der Waals surface area contributed by atoms with Crippen molar-refractivity contribution in [1.82, 2.24) is 14.8 Å². The first-order valence-electron chi connectivity index (χ1n) is 7.47. The van der Waals surface area contributed by atoms with E-state index in [2.05, 4.69) is 40.2 Å². The van der Waals surface area contributed by atoms with Crippen molar-refractivity contribution in [3.05, 3.63) is 24.0 Å². The summed E-state index contributed by atoms with van der Waals surface area (Å²) in [5.41, 5.74) is 1.42. The van der Waals surface area contributed by atoms with Crippen LogP contribution in [-0.2, 0) is 13.1 Å². The van der Waals surface area contributed by atoms with Crippen LogP contribution in [0.2, 0.25) is 0 Å². The van der Waals surface area contributed by atoms with Gasteiger partial charge in [-0.05, 0) is 57.3 Å². The minimum Gasteiger partial charge on any atom is -0.354 e. The van der Waals surface area contributed by atoms with Crippen LogP contribution in [0, 0.1) is 0 Å². The highest BCUT2D eigenvalue weighted by Crippen LogP contribution is 2.26. The zero-order valence-corrected chi connectivity index (χ0v) is 11.4. The average molecular weight is 247 g/mol. The lowest BCUT2D eigenvalue weighted by molar-refractivity contribution is 0.166. The normalized spacial score (nSPS) is 28.5. The third-order valence-corrected chi connectivity index (χ3v) is 4.59. The van der Waals surface area contributed by atoms with Gasteiger partial charge in [-0.1, -0.05) is 0 Å². The van der Waals surface area contributed by atoms with E-state index in [4.69, 9.17) is 0 Å². The summed E-state index contributed by atoms with van der Waals surface area (Å²) >= 11 is 0. The number of rotatable bonds is 4. The van der Waals surface area contributed by atoms with Crippen molar-refractivity contribution in [2.45, 2.75) is 57.8 Å². The fourth-order valence-electron chi connectivity index (χ4n) is 3.46. The van der Waals surface area contributed by atoms with Gasteiger partial charge in [0.2, 0.25) is 0 Å². The second kappa shape index (κ2) is 5.45. The highest BCUT2D eigenvalue weighted by atomic mass is 15.2.